The van der Waals surface area contributed by atoms with E-state index in [1.165, 1.54) is 38.2 Å². The van der Waals surface area contributed by atoms with Gasteiger partial charge in [0.1, 0.15) is 11.4 Å². The minimum atomic E-state index is -0.577. The largest absolute Gasteiger partial charge is 0.505 e. The fourth-order valence-corrected chi connectivity index (χ4v) is 3.51. The summed E-state index contributed by atoms with van der Waals surface area (Å²) in [6.45, 7) is 1.94. The topological polar surface area (TPSA) is 143 Å². The molecule has 0 spiro atoms. The molecule has 0 saturated carbocycles. The monoisotopic (exact) mass is 462 g/mol. The molecule has 176 valence electrons. The molecular formula is C24H26N6O4. The summed E-state index contributed by atoms with van der Waals surface area (Å²) in [5, 5.41) is 28.6. The molecule has 0 bridgehead atoms. The summed E-state index contributed by atoms with van der Waals surface area (Å²) in [7, 11) is 4.41. The van der Waals surface area contributed by atoms with Crippen LogP contribution in [0.25, 0.3) is 0 Å². The zero-order valence-corrected chi connectivity index (χ0v) is 19.3. The minimum absolute atomic E-state index is 0.0268. The molecule has 1 unspecified atom stereocenters. The number of phenols is 1. The van der Waals surface area contributed by atoms with Gasteiger partial charge in [0.25, 0.3) is 17.0 Å². The van der Waals surface area contributed by atoms with E-state index in [1.807, 2.05) is 43.3 Å². The Hall–Kier alpha value is -4.52. The van der Waals surface area contributed by atoms with Crippen LogP contribution in [0.4, 0.5) is 17.1 Å². The molecule has 0 aliphatic heterocycles. The second-order valence-corrected chi connectivity index (χ2v) is 7.93. The third-order valence-corrected chi connectivity index (χ3v) is 5.33. The van der Waals surface area contributed by atoms with Crippen molar-refractivity contribution in [2.24, 2.45) is 7.05 Å². The number of phenolic OH excluding ortho intramolecular Hbond substituents is 1. The van der Waals surface area contributed by atoms with Gasteiger partial charge < -0.3 is 20.6 Å². The molecule has 3 aromatic rings. The third kappa shape index (κ3) is 4.78. The summed E-state index contributed by atoms with van der Waals surface area (Å²) in [5.41, 5.74) is -0.440. The quantitative estimate of drug-likeness (QED) is 0.395. The Labute approximate surface area is 196 Å². The molecule has 1 aromatic heterocycles. The Morgan fingerprint density at radius 3 is 2.47 bits per heavy atom. The number of anilines is 3. The molecule has 1 heterocycles. The molecule has 2 aromatic carbocycles. The zero-order valence-electron chi connectivity index (χ0n) is 19.3. The lowest BCUT2D eigenvalue weighted by Gasteiger charge is -2.21. The molecule has 0 fully saturated rings. The van der Waals surface area contributed by atoms with Gasteiger partial charge in [-0.1, -0.05) is 37.3 Å². The number of aromatic amines is 1. The van der Waals surface area contributed by atoms with Crippen molar-refractivity contribution in [1.29, 1.82) is 5.26 Å². The highest BCUT2D eigenvalue weighted by molar-refractivity contribution is 5.99. The fourth-order valence-electron chi connectivity index (χ4n) is 3.51. The highest BCUT2D eigenvalue weighted by atomic mass is 16.3. The van der Waals surface area contributed by atoms with Crippen molar-refractivity contribution in [2.75, 3.05) is 24.7 Å². The number of benzene rings is 2. The number of aromatic nitrogens is 2. The first-order valence-electron chi connectivity index (χ1n) is 10.6. The Bertz CT molecular complexity index is 1370. The maximum Gasteiger partial charge on any atom is 0.290 e. The van der Waals surface area contributed by atoms with E-state index in [0.29, 0.717) is 6.42 Å². The number of nitrogens with zero attached hydrogens (tertiary/aromatic N) is 3. The summed E-state index contributed by atoms with van der Waals surface area (Å²) < 4.78 is 1.01. The van der Waals surface area contributed by atoms with E-state index in [2.05, 4.69) is 15.7 Å². The van der Waals surface area contributed by atoms with Crippen molar-refractivity contribution in [3.8, 4) is 11.8 Å². The van der Waals surface area contributed by atoms with Crippen LogP contribution in [0.2, 0.25) is 0 Å². The van der Waals surface area contributed by atoms with Crippen LogP contribution in [0, 0.1) is 11.3 Å². The van der Waals surface area contributed by atoms with Gasteiger partial charge in [-0.05, 0) is 24.1 Å². The molecule has 10 heteroatoms. The maximum atomic E-state index is 13.0. The smallest absolute Gasteiger partial charge is 0.290 e. The number of aromatic hydroxyl groups is 1. The molecular weight excluding hydrogens is 436 g/mol. The van der Waals surface area contributed by atoms with E-state index in [9.17, 15) is 24.8 Å². The number of nitriles is 1. The number of rotatable bonds is 7. The third-order valence-electron chi connectivity index (χ3n) is 5.33. The lowest BCUT2D eigenvalue weighted by Crippen LogP contribution is -2.32. The molecule has 0 aliphatic rings. The number of carbonyl (C=O) groups excluding carboxylic acids is 1. The first-order valence-corrected chi connectivity index (χ1v) is 10.6. The van der Waals surface area contributed by atoms with Gasteiger partial charge >= 0.3 is 0 Å². The molecule has 1 amide bonds. The van der Waals surface area contributed by atoms with Crippen molar-refractivity contribution in [3.05, 3.63) is 79.9 Å². The van der Waals surface area contributed by atoms with E-state index < -0.39 is 22.8 Å². The van der Waals surface area contributed by atoms with Gasteiger partial charge in [-0.2, -0.15) is 5.26 Å². The first kappa shape index (κ1) is 24.1. The average molecular weight is 463 g/mol. The SMILES string of the molecule is CCC(Nc1c(Nc2cc(C#N)cc(C(=O)N(C)C)c2O)c(=O)n(C)[nH]c1=O)c1ccccc1. The van der Waals surface area contributed by atoms with Crippen LogP contribution in [0.5, 0.6) is 5.75 Å². The predicted molar refractivity (Wildman–Crippen MR) is 130 cm³/mol. The molecule has 4 N–H and O–H groups in total. The summed E-state index contributed by atoms with van der Waals surface area (Å²) in [5.74, 6) is -0.967. The van der Waals surface area contributed by atoms with Crippen LogP contribution in [0.15, 0.2) is 52.1 Å². The number of aryl methyl sites for hydroxylation is 1. The molecule has 1 atom stereocenters. The fraction of sp³-hybridized carbons (Fsp3) is 0.250. The number of hydrogen-bond donors (Lipinski definition) is 4. The number of nitrogens with one attached hydrogen (secondary N) is 3. The standard InChI is InChI=1S/C24H26N6O4/c1-5-17(15-9-7-6-8-10-15)26-19-20(24(34)30(4)28-22(19)32)27-18-12-14(13-25)11-16(21(18)31)23(33)29(2)3/h6-12,17,26-27,31H,5H2,1-4H3,(H,28,32). The van der Waals surface area contributed by atoms with E-state index in [4.69, 9.17) is 0 Å². The number of H-pyrrole nitrogens is 1. The summed E-state index contributed by atoms with van der Waals surface area (Å²) in [6, 6.07) is 13.7. The van der Waals surface area contributed by atoms with Crippen molar-refractivity contribution in [2.45, 2.75) is 19.4 Å². The normalized spacial score (nSPS) is 11.4. The van der Waals surface area contributed by atoms with Crippen molar-refractivity contribution >= 4 is 23.0 Å². The van der Waals surface area contributed by atoms with Gasteiger partial charge in [-0.25, -0.2) is 0 Å². The van der Waals surface area contributed by atoms with Crippen LogP contribution >= 0.6 is 0 Å². The number of amides is 1. The molecule has 0 saturated heterocycles. The van der Waals surface area contributed by atoms with Gasteiger partial charge in [0.05, 0.1) is 28.9 Å². The molecule has 3 rings (SSSR count). The molecule has 0 radical (unpaired) electrons. The lowest BCUT2D eigenvalue weighted by molar-refractivity contribution is 0.0824. The Kier molecular flexibility index (Phi) is 7.06. The van der Waals surface area contributed by atoms with Crippen LogP contribution in [-0.2, 0) is 7.05 Å². The van der Waals surface area contributed by atoms with E-state index >= 15 is 0 Å². The van der Waals surface area contributed by atoms with Crippen LogP contribution in [0.3, 0.4) is 0 Å². The first-order chi connectivity index (χ1) is 16.2. The highest BCUT2D eigenvalue weighted by Crippen LogP contribution is 2.34. The van der Waals surface area contributed by atoms with Crippen molar-refractivity contribution in [1.82, 2.24) is 14.7 Å². The Morgan fingerprint density at radius 1 is 1.21 bits per heavy atom. The van der Waals surface area contributed by atoms with Crippen molar-refractivity contribution in [3.63, 3.8) is 0 Å². The zero-order chi connectivity index (χ0) is 25.0. The summed E-state index contributed by atoms with van der Waals surface area (Å²) in [4.78, 5) is 39.7. The number of carbonyl (C=O) groups is 1. The van der Waals surface area contributed by atoms with Crippen LogP contribution in [0.1, 0.15) is 40.9 Å². The molecule has 10 nitrogen and oxygen atoms in total. The van der Waals surface area contributed by atoms with Gasteiger partial charge in [-0.3, -0.25) is 24.2 Å². The van der Waals surface area contributed by atoms with E-state index in [-0.39, 0.29) is 34.2 Å². The summed E-state index contributed by atoms with van der Waals surface area (Å²) >= 11 is 0. The second-order valence-electron chi connectivity index (χ2n) is 7.93. The Morgan fingerprint density at radius 2 is 1.88 bits per heavy atom. The Balaban J connectivity index is 2.16. The lowest BCUT2D eigenvalue weighted by atomic mass is 10.0. The molecule has 0 aliphatic carbocycles. The van der Waals surface area contributed by atoms with Crippen LogP contribution < -0.4 is 21.8 Å². The van der Waals surface area contributed by atoms with Gasteiger partial charge in [0, 0.05) is 21.1 Å². The minimum Gasteiger partial charge on any atom is -0.505 e. The van der Waals surface area contributed by atoms with Gasteiger partial charge in [0.2, 0.25) is 0 Å². The predicted octanol–water partition coefficient (Wildman–Crippen LogP) is 2.66. The average Bonchev–Trinajstić information content (AvgIpc) is 2.83. The molecule has 34 heavy (non-hydrogen) atoms. The number of hydrogen-bond acceptors (Lipinski definition) is 7. The maximum absolute atomic E-state index is 13.0. The summed E-state index contributed by atoms with van der Waals surface area (Å²) in [6.07, 6.45) is 0.620. The van der Waals surface area contributed by atoms with Crippen molar-refractivity contribution < 1.29 is 9.90 Å². The van der Waals surface area contributed by atoms with E-state index in [1.54, 1.807) is 0 Å². The highest BCUT2D eigenvalue weighted by Gasteiger charge is 2.22. The van der Waals surface area contributed by atoms with Gasteiger partial charge in [0.15, 0.2) is 5.75 Å². The second kappa shape index (κ2) is 9.95. The van der Waals surface area contributed by atoms with E-state index in [0.717, 1.165) is 10.2 Å². The van der Waals surface area contributed by atoms with Gasteiger partial charge in [-0.15, -0.1) is 0 Å². The van der Waals surface area contributed by atoms with Crippen LogP contribution in [-0.4, -0.2) is 39.8 Å².